The summed E-state index contributed by atoms with van der Waals surface area (Å²) in [7, 11) is 0. The maximum Gasteiger partial charge on any atom is 0.123 e. The normalized spacial score (nSPS) is 19.8. The predicted molar refractivity (Wildman–Crippen MR) is 322 cm³/mol. The quantitative estimate of drug-likeness (QED) is 0.0865. The number of fused-ring (bicyclic) bond motifs is 33. The molecular formula is C66H90N8O6. The summed E-state index contributed by atoms with van der Waals surface area (Å²) in [5, 5.41) is 22.1. The van der Waals surface area contributed by atoms with E-state index in [4.69, 9.17) is 28.4 Å². The number of ether oxygens (including phenoxy) is 6. The predicted octanol–water partition coefficient (Wildman–Crippen LogP) is 8.97. The summed E-state index contributed by atoms with van der Waals surface area (Å²) in [5.74, 6) is 5.51. The van der Waals surface area contributed by atoms with Crippen LogP contribution in [0.5, 0.6) is 34.5 Å². The van der Waals surface area contributed by atoms with E-state index in [0.717, 1.165) is 224 Å². The van der Waals surface area contributed by atoms with E-state index >= 15 is 0 Å². The fraction of sp³-hybridized carbons (Fsp3) is 0.455. The molecule has 3 aliphatic heterocycles. The molecule has 6 aromatic rings. The fourth-order valence-electron chi connectivity index (χ4n) is 9.96. The summed E-state index contributed by atoms with van der Waals surface area (Å²) in [4.78, 5) is 4.78. The first-order valence-electron chi connectivity index (χ1n) is 29.7. The zero-order valence-corrected chi connectivity index (χ0v) is 47.4. The molecule has 430 valence electrons. The molecule has 80 heavy (non-hydrogen) atoms. The summed E-state index contributed by atoms with van der Waals surface area (Å²) in [6.45, 7) is 17.6. The summed E-state index contributed by atoms with van der Waals surface area (Å²) < 4.78 is 39.3. The van der Waals surface area contributed by atoms with Crippen molar-refractivity contribution in [1.82, 2.24) is 41.7 Å². The number of nitrogens with one attached hydrogen (secondary N) is 6. The molecule has 0 atom stereocenters. The van der Waals surface area contributed by atoms with Crippen molar-refractivity contribution in [3.05, 3.63) is 179 Å². The van der Waals surface area contributed by atoms with Crippen LogP contribution in [0.1, 0.15) is 71.9 Å². The first kappa shape index (κ1) is 59.9. The topological polar surface area (TPSA) is 134 Å². The molecule has 6 aromatic carbocycles. The molecule has 0 saturated carbocycles. The van der Waals surface area contributed by atoms with E-state index in [1.165, 1.54) is 0 Å². The number of hydrogen-bond donors (Lipinski definition) is 6. The van der Waals surface area contributed by atoms with Crippen LogP contribution in [-0.4, -0.2) is 128 Å². The maximum absolute atomic E-state index is 6.55. The van der Waals surface area contributed by atoms with Crippen LogP contribution in [0.15, 0.2) is 146 Å². The third-order valence-electron chi connectivity index (χ3n) is 14.6. The van der Waals surface area contributed by atoms with Gasteiger partial charge in [-0.2, -0.15) is 0 Å². The van der Waals surface area contributed by atoms with Gasteiger partial charge >= 0.3 is 0 Å². The largest absolute Gasteiger partial charge is 0.492 e. The number of rotatable bonds is 0. The van der Waals surface area contributed by atoms with Crippen molar-refractivity contribution in [2.75, 3.05) is 118 Å². The van der Waals surface area contributed by atoms with Crippen LogP contribution in [0.3, 0.4) is 0 Å². The van der Waals surface area contributed by atoms with Crippen molar-refractivity contribution in [2.45, 2.75) is 77.8 Å². The Bertz CT molecular complexity index is 2180. The van der Waals surface area contributed by atoms with E-state index in [2.05, 4.69) is 187 Å². The van der Waals surface area contributed by atoms with E-state index < -0.39 is 0 Å². The van der Waals surface area contributed by atoms with Crippen LogP contribution in [0.4, 0.5) is 0 Å². The molecule has 3 aliphatic rings. The first-order chi connectivity index (χ1) is 39.7. The monoisotopic (exact) mass is 1090 g/mol. The van der Waals surface area contributed by atoms with Crippen LogP contribution in [0.2, 0.25) is 0 Å². The van der Waals surface area contributed by atoms with Gasteiger partial charge in [0.2, 0.25) is 0 Å². The van der Waals surface area contributed by atoms with Gasteiger partial charge < -0.3 is 60.3 Å². The molecule has 0 unspecified atom stereocenters. The average Bonchev–Trinajstić information content (AvgIpc) is 3.49. The Morgan fingerprint density at radius 3 is 0.562 bits per heavy atom. The SMILES string of the molecule is c1ccc2c(c1)CNCCCCNCc1ccccc1OCCN1CCOc3ccccc3CNCCCCNCc3ccccc3OCCN(CCO2)CCOc2ccccc2CNCCCCNCc2ccccc2OCC1. The first-order valence-corrected chi connectivity index (χ1v) is 29.7. The van der Waals surface area contributed by atoms with E-state index in [0.29, 0.717) is 39.6 Å². The number of nitrogens with zero attached hydrogens (tertiary/aromatic N) is 2. The number of hydrogen-bond acceptors (Lipinski definition) is 14. The van der Waals surface area contributed by atoms with E-state index in [1.54, 1.807) is 0 Å². The minimum Gasteiger partial charge on any atom is -0.492 e. The lowest BCUT2D eigenvalue weighted by Gasteiger charge is -2.24. The van der Waals surface area contributed by atoms with Gasteiger partial charge in [-0.25, -0.2) is 0 Å². The Hall–Kier alpha value is -6.20. The molecule has 0 amide bonds. The summed E-state index contributed by atoms with van der Waals surface area (Å²) in [5.41, 5.74) is 6.97. The Balaban J connectivity index is 0.973. The smallest absolute Gasteiger partial charge is 0.123 e. The van der Waals surface area contributed by atoms with Crippen LogP contribution < -0.4 is 60.3 Å². The van der Waals surface area contributed by atoms with Gasteiger partial charge in [0.05, 0.1) is 0 Å². The fourth-order valence-corrected chi connectivity index (χ4v) is 9.96. The zero-order chi connectivity index (χ0) is 54.8. The molecule has 14 heteroatoms. The van der Waals surface area contributed by atoms with Gasteiger partial charge in [-0.1, -0.05) is 109 Å². The Kier molecular flexibility index (Phi) is 27.1. The van der Waals surface area contributed by atoms with Gasteiger partial charge in [0.25, 0.3) is 0 Å². The summed E-state index contributed by atoms with van der Waals surface area (Å²) >= 11 is 0. The second-order valence-corrected chi connectivity index (χ2v) is 20.6. The highest BCUT2D eigenvalue weighted by Crippen LogP contribution is 2.23. The highest BCUT2D eigenvalue weighted by molar-refractivity contribution is 5.37. The molecule has 0 spiro atoms. The molecule has 3 heterocycles. The molecule has 9 rings (SSSR count). The van der Waals surface area contributed by atoms with Gasteiger partial charge in [0.1, 0.15) is 74.1 Å². The van der Waals surface area contributed by atoms with Gasteiger partial charge in [0.15, 0.2) is 0 Å². The lowest BCUT2D eigenvalue weighted by molar-refractivity contribution is 0.152. The highest BCUT2D eigenvalue weighted by atomic mass is 16.5. The molecule has 2 bridgehead atoms. The molecule has 0 fully saturated rings. The van der Waals surface area contributed by atoms with Crippen molar-refractivity contribution in [2.24, 2.45) is 0 Å². The van der Waals surface area contributed by atoms with Crippen LogP contribution in [0, 0.1) is 0 Å². The van der Waals surface area contributed by atoms with Gasteiger partial charge in [-0.15, -0.1) is 0 Å². The van der Waals surface area contributed by atoms with E-state index in [9.17, 15) is 0 Å². The lowest BCUT2D eigenvalue weighted by atomic mass is 10.2. The Morgan fingerprint density at radius 1 is 0.225 bits per heavy atom. The van der Waals surface area contributed by atoms with Gasteiger partial charge in [-0.3, -0.25) is 9.80 Å². The van der Waals surface area contributed by atoms with Crippen molar-refractivity contribution >= 4 is 0 Å². The van der Waals surface area contributed by atoms with Crippen LogP contribution in [0.25, 0.3) is 0 Å². The van der Waals surface area contributed by atoms with Crippen molar-refractivity contribution in [3.8, 4) is 34.5 Å². The Labute approximate surface area is 477 Å². The van der Waals surface area contributed by atoms with Crippen molar-refractivity contribution < 1.29 is 28.4 Å². The second kappa shape index (κ2) is 36.2. The van der Waals surface area contributed by atoms with Gasteiger partial charge in [-0.05, 0) is 114 Å². The maximum atomic E-state index is 6.55. The molecular weight excluding hydrogens is 1000 g/mol. The lowest BCUT2D eigenvalue weighted by Crippen LogP contribution is -2.36. The Morgan fingerprint density at radius 2 is 0.388 bits per heavy atom. The standard InChI is InChI=1S/C66H90N8O6/c1-7-25-61-55(19-1)49-67-31-13-14-32-68-50-56-20-2-10-28-64(56)78-46-40-74-41-47-79-65-29-11-5-23-59(65)53-71-35-17-15-33-69-51-57-21-3-8-26-62(57)76-44-38-73(37-43-75-61)39-45-77-63-27-9-4-22-58(63)52-70-34-16-18-36-72-54-60-24-6-12-30-66(60)80-48-42-74/h1-12,19-30,67-72H,13-18,31-54H2. The molecule has 6 N–H and O–H groups in total. The van der Waals surface area contributed by atoms with Crippen molar-refractivity contribution in [1.29, 1.82) is 0 Å². The van der Waals surface area contributed by atoms with E-state index in [1.807, 2.05) is 0 Å². The summed E-state index contributed by atoms with van der Waals surface area (Å²) in [6.07, 6.45) is 6.35. The molecule has 14 nitrogen and oxygen atoms in total. The number of para-hydroxylation sites is 6. The van der Waals surface area contributed by atoms with Crippen LogP contribution in [-0.2, 0) is 39.3 Å². The van der Waals surface area contributed by atoms with Gasteiger partial charge in [0, 0.05) is 112 Å². The summed E-state index contributed by atoms with van der Waals surface area (Å²) in [6, 6.07) is 50.4. The third-order valence-corrected chi connectivity index (χ3v) is 14.6. The second-order valence-electron chi connectivity index (χ2n) is 20.6. The molecule has 0 radical (unpaired) electrons. The molecule has 0 saturated heterocycles. The average molecular weight is 1090 g/mol. The minimum atomic E-state index is 0.546. The highest BCUT2D eigenvalue weighted by Gasteiger charge is 2.14. The van der Waals surface area contributed by atoms with Crippen molar-refractivity contribution in [3.63, 3.8) is 0 Å². The van der Waals surface area contributed by atoms with Crippen LogP contribution >= 0.6 is 0 Å². The molecule has 0 aliphatic carbocycles. The third kappa shape index (κ3) is 21.7. The molecule has 0 aromatic heterocycles. The zero-order valence-electron chi connectivity index (χ0n) is 47.4. The van der Waals surface area contributed by atoms with E-state index in [-0.39, 0.29) is 0 Å². The minimum absolute atomic E-state index is 0.546. The number of benzene rings is 6.